The van der Waals surface area contributed by atoms with Crippen LogP contribution in [0.2, 0.25) is 0 Å². The Balaban J connectivity index is 2.05. The zero-order chi connectivity index (χ0) is 14.1. The summed E-state index contributed by atoms with van der Waals surface area (Å²) < 4.78 is 1.45. The van der Waals surface area contributed by atoms with Crippen molar-refractivity contribution in [2.24, 2.45) is 0 Å². The van der Waals surface area contributed by atoms with E-state index in [0.29, 0.717) is 5.65 Å². The number of rotatable bonds is 1. The first kappa shape index (κ1) is 12.8. The highest BCUT2D eigenvalue weighted by atomic mass is 16.2. The predicted octanol–water partition coefficient (Wildman–Crippen LogP) is 1.63. The third kappa shape index (κ3) is 2.19. The van der Waals surface area contributed by atoms with Crippen LogP contribution in [0.3, 0.4) is 0 Å². The van der Waals surface area contributed by atoms with E-state index in [1.54, 1.807) is 17.2 Å². The molecule has 0 saturated carbocycles. The number of pyridine rings is 1. The van der Waals surface area contributed by atoms with Crippen LogP contribution in [0.25, 0.3) is 5.65 Å². The Bertz CT molecular complexity index is 715. The van der Waals surface area contributed by atoms with Crippen LogP contribution in [-0.2, 0) is 0 Å². The van der Waals surface area contributed by atoms with Crippen molar-refractivity contribution in [3.05, 3.63) is 46.0 Å². The van der Waals surface area contributed by atoms with Gasteiger partial charge in [0.25, 0.3) is 11.5 Å². The summed E-state index contributed by atoms with van der Waals surface area (Å²) >= 11 is 0. The van der Waals surface area contributed by atoms with E-state index in [2.05, 4.69) is 4.98 Å². The SMILES string of the molecule is Cc1ccc2ncc(C(=O)N3CCCCC3)c(=O)n2c1. The molecule has 5 heteroatoms. The van der Waals surface area contributed by atoms with Gasteiger partial charge in [-0.25, -0.2) is 4.98 Å². The average Bonchev–Trinajstić information content (AvgIpc) is 2.48. The highest BCUT2D eigenvalue weighted by molar-refractivity contribution is 5.93. The van der Waals surface area contributed by atoms with Gasteiger partial charge < -0.3 is 4.90 Å². The molecule has 0 aliphatic carbocycles. The van der Waals surface area contributed by atoms with Gasteiger partial charge in [0, 0.05) is 25.5 Å². The smallest absolute Gasteiger partial charge is 0.270 e. The van der Waals surface area contributed by atoms with Crippen LogP contribution in [0.15, 0.2) is 29.3 Å². The standard InChI is InChI=1S/C15H17N3O2/c1-11-5-6-13-16-9-12(15(20)18(13)10-11)14(19)17-7-3-2-4-8-17/h5-6,9-10H,2-4,7-8H2,1H3. The molecule has 0 bridgehead atoms. The summed E-state index contributed by atoms with van der Waals surface area (Å²) in [4.78, 5) is 30.8. The Morgan fingerprint density at radius 1 is 1.20 bits per heavy atom. The maximum atomic E-state index is 12.4. The normalized spacial score (nSPS) is 15.6. The predicted molar refractivity (Wildman–Crippen MR) is 76.0 cm³/mol. The van der Waals surface area contributed by atoms with E-state index in [1.807, 2.05) is 13.0 Å². The number of aromatic nitrogens is 2. The van der Waals surface area contributed by atoms with Crippen LogP contribution in [0.5, 0.6) is 0 Å². The molecule has 0 N–H and O–H groups in total. The van der Waals surface area contributed by atoms with Crippen LogP contribution >= 0.6 is 0 Å². The van der Waals surface area contributed by atoms with Gasteiger partial charge in [0.05, 0.1) is 0 Å². The summed E-state index contributed by atoms with van der Waals surface area (Å²) in [7, 11) is 0. The maximum Gasteiger partial charge on any atom is 0.270 e. The van der Waals surface area contributed by atoms with Gasteiger partial charge in [-0.2, -0.15) is 0 Å². The fraction of sp³-hybridized carbons (Fsp3) is 0.400. The van der Waals surface area contributed by atoms with Gasteiger partial charge in [0.1, 0.15) is 11.2 Å². The first-order valence-electron chi connectivity index (χ1n) is 6.94. The number of aryl methyl sites for hydroxylation is 1. The second kappa shape index (κ2) is 5.07. The van der Waals surface area contributed by atoms with Gasteiger partial charge in [-0.3, -0.25) is 14.0 Å². The molecule has 1 saturated heterocycles. The second-order valence-corrected chi connectivity index (χ2v) is 5.26. The van der Waals surface area contributed by atoms with E-state index >= 15 is 0 Å². The van der Waals surface area contributed by atoms with Gasteiger partial charge in [-0.05, 0) is 37.8 Å². The minimum absolute atomic E-state index is 0.162. The molecular weight excluding hydrogens is 254 g/mol. The third-order valence-corrected chi connectivity index (χ3v) is 3.72. The number of fused-ring (bicyclic) bond motifs is 1. The van der Waals surface area contributed by atoms with E-state index in [0.717, 1.165) is 37.9 Å². The molecule has 0 aromatic carbocycles. The number of carbonyl (C=O) groups is 1. The molecule has 20 heavy (non-hydrogen) atoms. The lowest BCUT2D eigenvalue weighted by atomic mass is 10.1. The van der Waals surface area contributed by atoms with Crippen molar-refractivity contribution in [2.75, 3.05) is 13.1 Å². The Labute approximate surface area is 116 Å². The number of carbonyl (C=O) groups excluding carboxylic acids is 1. The van der Waals surface area contributed by atoms with Crippen LogP contribution < -0.4 is 5.56 Å². The number of amides is 1. The molecule has 2 aromatic rings. The Kier molecular flexibility index (Phi) is 3.26. The zero-order valence-electron chi connectivity index (χ0n) is 11.5. The summed E-state index contributed by atoms with van der Waals surface area (Å²) in [6.07, 6.45) is 6.29. The first-order valence-corrected chi connectivity index (χ1v) is 6.94. The second-order valence-electron chi connectivity index (χ2n) is 5.26. The number of nitrogens with zero attached hydrogens (tertiary/aromatic N) is 3. The van der Waals surface area contributed by atoms with E-state index < -0.39 is 0 Å². The molecule has 1 amide bonds. The highest BCUT2D eigenvalue weighted by Crippen LogP contribution is 2.11. The van der Waals surface area contributed by atoms with Crippen molar-refractivity contribution >= 4 is 11.6 Å². The fourth-order valence-electron chi connectivity index (χ4n) is 2.60. The van der Waals surface area contributed by atoms with E-state index in [1.165, 1.54) is 10.6 Å². The molecule has 1 fully saturated rings. The topological polar surface area (TPSA) is 54.7 Å². The van der Waals surface area contributed by atoms with Crippen molar-refractivity contribution in [3.8, 4) is 0 Å². The number of hydrogen-bond acceptors (Lipinski definition) is 3. The molecule has 0 radical (unpaired) electrons. The summed E-state index contributed by atoms with van der Waals surface area (Å²) in [6, 6.07) is 3.68. The fourth-order valence-corrected chi connectivity index (χ4v) is 2.60. The summed E-state index contributed by atoms with van der Waals surface area (Å²) in [5.41, 5.74) is 1.41. The average molecular weight is 271 g/mol. The molecule has 2 aromatic heterocycles. The first-order chi connectivity index (χ1) is 9.66. The van der Waals surface area contributed by atoms with Crippen LogP contribution in [0.4, 0.5) is 0 Å². The summed E-state index contributed by atoms with van der Waals surface area (Å²) in [5.74, 6) is -0.196. The molecule has 104 valence electrons. The Morgan fingerprint density at radius 2 is 1.95 bits per heavy atom. The van der Waals surface area contributed by atoms with Crippen molar-refractivity contribution in [3.63, 3.8) is 0 Å². The zero-order valence-corrected chi connectivity index (χ0v) is 11.5. The lowest BCUT2D eigenvalue weighted by Gasteiger charge is -2.26. The van der Waals surface area contributed by atoms with Gasteiger partial charge in [-0.1, -0.05) is 6.07 Å². The third-order valence-electron chi connectivity index (χ3n) is 3.72. The van der Waals surface area contributed by atoms with E-state index in [4.69, 9.17) is 0 Å². The quantitative estimate of drug-likeness (QED) is 0.792. The van der Waals surface area contributed by atoms with Crippen LogP contribution in [0, 0.1) is 6.92 Å². The number of hydrogen-bond donors (Lipinski definition) is 0. The lowest BCUT2D eigenvalue weighted by molar-refractivity contribution is 0.0722. The van der Waals surface area contributed by atoms with Crippen LogP contribution in [0.1, 0.15) is 35.2 Å². The van der Waals surface area contributed by atoms with Gasteiger partial charge in [0.15, 0.2) is 0 Å². The molecule has 0 unspecified atom stereocenters. The minimum atomic E-state index is -0.283. The molecule has 0 atom stereocenters. The van der Waals surface area contributed by atoms with Gasteiger partial charge in [0.2, 0.25) is 0 Å². The van der Waals surface area contributed by atoms with Crippen molar-refractivity contribution < 1.29 is 4.79 Å². The molecule has 0 spiro atoms. The summed E-state index contributed by atoms with van der Waals surface area (Å²) in [5, 5.41) is 0. The highest BCUT2D eigenvalue weighted by Gasteiger charge is 2.21. The van der Waals surface area contributed by atoms with Crippen molar-refractivity contribution in [1.82, 2.24) is 14.3 Å². The van der Waals surface area contributed by atoms with Crippen LogP contribution in [-0.4, -0.2) is 33.3 Å². The molecule has 1 aliphatic rings. The van der Waals surface area contributed by atoms with Gasteiger partial charge >= 0.3 is 0 Å². The lowest BCUT2D eigenvalue weighted by Crippen LogP contribution is -2.39. The number of piperidine rings is 1. The van der Waals surface area contributed by atoms with Crippen molar-refractivity contribution in [1.29, 1.82) is 0 Å². The molecule has 5 nitrogen and oxygen atoms in total. The van der Waals surface area contributed by atoms with Gasteiger partial charge in [-0.15, -0.1) is 0 Å². The molecule has 3 heterocycles. The largest absolute Gasteiger partial charge is 0.338 e. The summed E-state index contributed by atoms with van der Waals surface area (Å²) in [6.45, 7) is 3.37. The Hall–Kier alpha value is -2.17. The minimum Gasteiger partial charge on any atom is -0.338 e. The van der Waals surface area contributed by atoms with E-state index in [-0.39, 0.29) is 17.0 Å². The van der Waals surface area contributed by atoms with E-state index in [9.17, 15) is 9.59 Å². The Morgan fingerprint density at radius 3 is 2.70 bits per heavy atom. The monoisotopic (exact) mass is 271 g/mol. The van der Waals surface area contributed by atoms with Crippen molar-refractivity contribution in [2.45, 2.75) is 26.2 Å². The molecular formula is C15H17N3O2. The molecule has 3 rings (SSSR count). The maximum absolute atomic E-state index is 12.4. The number of likely N-dealkylation sites (tertiary alicyclic amines) is 1. The molecule has 1 aliphatic heterocycles.